The average molecular weight is 150 g/mol. The molecule has 0 aliphatic carbocycles. The molecule has 0 aromatic rings. The van der Waals surface area contributed by atoms with Gasteiger partial charge in [0.25, 0.3) is 0 Å². The number of rotatable bonds is 0. The van der Waals surface area contributed by atoms with E-state index in [0.29, 0.717) is 0 Å². The Labute approximate surface area is 57.9 Å². The largest absolute Gasteiger partial charge is 0.465 e. The maximum atomic E-state index is 9.26. The molecule has 4 N–H and O–H groups in total. The van der Waals surface area contributed by atoms with Crippen LogP contribution in [0.1, 0.15) is 0 Å². The average Bonchev–Trinajstić information content (AvgIpc) is 1.89. The van der Waals surface area contributed by atoms with Crippen LogP contribution in [0.4, 0.5) is 9.59 Å². The Morgan fingerprint density at radius 3 is 1.10 bits per heavy atom. The van der Waals surface area contributed by atoms with Crippen LogP contribution in [0.15, 0.2) is 0 Å². The van der Waals surface area contributed by atoms with Gasteiger partial charge in [0.15, 0.2) is 0 Å². The van der Waals surface area contributed by atoms with E-state index < -0.39 is 12.2 Å². The minimum Gasteiger partial charge on any atom is -0.465 e. The molecule has 0 aliphatic heterocycles. The molecule has 0 aliphatic rings. The van der Waals surface area contributed by atoms with E-state index in [1.54, 1.807) is 0 Å². The van der Waals surface area contributed by atoms with Crippen molar-refractivity contribution in [1.29, 1.82) is 0 Å². The Balaban J connectivity index is 0. The van der Waals surface area contributed by atoms with Gasteiger partial charge in [-0.05, 0) is 0 Å². The van der Waals surface area contributed by atoms with Gasteiger partial charge in [0, 0.05) is 14.1 Å². The molecule has 0 spiro atoms. The van der Waals surface area contributed by atoms with Gasteiger partial charge in [-0.2, -0.15) is 0 Å². The molecule has 0 aromatic heterocycles. The van der Waals surface area contributed by atoms with Crippen molar-refractivity contribution in [2.24, 2.45) is 0 Å². The highest BCUT2D eigenvalue weighted by atomic mass is 16.4. The smallest absolute Gasteiger partial charge is 0.404 e. The first-order chi connectivity index (χ1) is 4.54. The van der Waals surface area contributed by atoms with Gasteiger partial charge in [0.1, 0.15) is 0 Å². The fourth-order valence-electron chi connectivity index (χ4n) is 0. The lowest BCUT2D eigenvalue weighted by molar-refractivity contribution is 0.196. The maximum Gasteiger partial charge on any atom is 0.404 e. The van der Waals surface area contributed by atoms with Crippen molar-refractivity contribution in [1.82, 2.24) is 10.6 Å². The summed E-state index contributed by atoms with van der Waals surface area (Å²) in [7, 11) is 2.70. The van der Waals surface area contributed by atoms with Gasteiger partial charge < -0.3 is 20.8 Å². The lowest BCUT2D eigenvalue weighted by atomic mass is 11.1. The first kappa shape index (κ1) is 11.4. The summed E-state index contributed by atoms with van der Waals surface area (Å²) in [6, 6.07) is 0. The van der Waals surface area contributed by atoms with E-state index in [4.69, 9.17) is 10.2 Å². The molecule has 6 nitrogen and oxygen atoms in total. The zero-order chi connectivity index (χ0) is 8.57. The van der Waals surface area contributed by atoms with Crippen LogP contribution < -0.4 is 10.6 Å². The molecular formula is C4H10N2O4. The van der Waals surface area contributed by atoms with Crippen LogP contribution in [0.2, 0.25) is 0 Å². The predicted octanol–water partition coefficient (Wildman–Crippen LogP) is -0.232. The van der Waals surface area contributed by atoms with Gasteiger partial charge in [0.2, 0.25) is 0 Å². The minimum atomic E-state index is -0.995. The first-order valence-electron chi connectivity index (χ1n) is 2.36. The molecule has 0 saturated carbocycles. The SMILES string of the molecule is CNC(=O)O.CNC(=O)O. The summed E-state index contributed by atoms with van der Waals surface area (Å²) in [4.78, 5) is 18.5. The normalized spacial score (nSPS) is 6.60. The van der Waals surface area contributed by atoms with Crippen molar-refractivity contribution in [3.63, 3.8) is 0 Å². The molecule has 0 atom stereocenters. The van der Waals surface area contributed by atoms with E-state index in [2.05, 4.69) is 0 Å². The molecule has 0 rings (SSSR count). The lowest BCUT2D eigenvalue weighted by Gasteiger charge is -1.78. The van der Waals surface area contributed by atoms with E-state index >= 15 is 0 Å². The van der Waals surface area contributed by atoms with Crippen molar-refractivity contribution >= 4 is 12.2 Å². The molecule has 6 heteroatoms. The Morgan fingerprint density at radius 1 is 1.00 bits per heavy atom. The monoisotopic (exact) mass is 150 g/mol. The standard InChI is InChI=1S/2C2H5NO2/c2*1-3-2(4)5/h2*3H,1H3,(H,4,5). The van der Waals surface area contributed by atoms with Crippen molar-refractivity contribution in [2.45, 2.75) is 0 Å². The highest BCUT2D eigenvalue weighted by Gasteiger charge is 1.77. The number of hydrogen-bond acceptors (Lipinski definition) is 2. The number of hydrogen-bond donors (Lipinski definition) is 4. The van der Waals surface area contributed by atoms with E-state index in [-0.39, 0.29) is 0 Å². The number of amides is 2. The van der Waals surface area contributed by atoms with Gasteiger partial charge in [0.05, 0.1) is 0 Å². The van der Waals surface area contributed by atoms with Gasteiger partial charge in [-0.1, -0.05) is 0 Å². The van der Waals surface area contributed by atoms with Gasteiger partial charge >= 0.3 is 12.2 Å². The van der Waals surface area contributed by atoms with Crippen LogP contribution in [0.5, 0.6) is 0 Å². The Morgan fingerprint density at radius 2 is 1.10 bits per heavy atom. The van der Waals surface area contributed by atoms with Crippen LogP contribution in [0.3, 0.4) is 0 Å². The highest BCUT2D eigenvalue weighted by molar-refractivity contribution is 5.63. The minimum absolute atomic E-state index is 0.995. The van der Waals surface area contributed by atoms with Crippen molar-refractivity contribution < 1.29 is 19.8 Å². The molecule has 0 heterocycles. The van der Waals surface area contributed by atoms with E-state index in [1.807, 2.05) is 10.6 Å². The third-order valence-electron chi connectivity index (χ3n) is 0.428. The van der Waals surface area contributed by atoms with E-state index in [1.165, 1.54) is 14.1 Å². The topological polar surface area (TPSA) is 98.7 Å². The molecule has 0 unspecified atom stereocenters. The zero-order valence-corrected chi connectivity index (χ0v) is 5.71. The third-order valence-corrected chi connectivity index (χ3v) is 0.428. The third kappa shape index (κ3) is 31.1. The number of nitrogens with one attached hydrogen (secondary N) is 2. The van der Waals surface area contributed by atoms with Crippen molar-refractivity contribution in [2.75, 3.05) is 14.1 Å². The number of carbonyl (C=O) groups is 2. The van der Waals surface area contributed by atoms with E-state index in [9.17, 15) is 9.59 Å². The van der Waals surface area contributed by atoms with Gasteiger partial charge in [-0.3, -0.25) is 0 Å². The fraction of sp³-hybridized carbons (Fsp3) is 0.500. The fourth-order valence-corrected chi connectivity index (χ4v) is 0. The molecule has 0 saturated heterocycles. The van der Waals surface area contributed by atoms with Crippen LogP contribution >= 0.6 is 0 Å². The second-order valence-electron chi connectivity index (χ2n) is 1.11. The van der Waals surface area contributed by atoms with Gasteiger partial charge in [-0.25, -0.2) is 9.59 Å². The highest BCUT2D eigenvalue weighted by Crippen LogP contribution is 1.46. The Hall–Kier alpha value is -1.46. The summed E-state index contributed by atoms with van der Waals surface area (Å²) in [5, 5.41) is 19.1. The molecule has 0 aromatic carbocycles. The molecule has 0 radical (unpaired) electrons. The molecule has 0 bridgehead atoms. The summed E-state index contributed by atoms with van der Waals surface area (Å²) in [6.45, 7) is 0. The Bertz CT molecular complexity index is 99.8. The second kappa shape index (κ2) is 7.54. The lowest BCUT2D eigenvalue weighted by Crippen LogP contribution is -2.13. The molecule has 60 valence electrons. The van der Waals surface area contributed by atoms with Crippen molar-refractivity contribution in [3.05, 3.63) is 0 Å². The summed E-state index contributed by atoms with van der Waals surface area (Å²) >= 11 is 0. The summed E-state index contributed by atoms with van der Waals surface area (Å²) in [6.07, 6.45) is -1.99. The van der Waals surface area contributed by atoms with Crippen LogP contribution in [0.25, 0.3) is 0 Å². The molecular weight excluding hydrogens is 140 g/mol. The number of carboxylic acid groups (broad SMARTS) is 2. The molecule has 0 fully saturated rings. The van der Waals surface area contributed by atoms with Crippen molar-refractivity contribution in [3.8, 4) is 0 Å². The second-order valence-corrected chi connectivity index (χ2v) is 1.11. The summed E-state index contributed by atoms with van der Waals surface area (Å²) in [5.74, 6) is 0. The quantitative estimate of drug-likeness (QED) is 0.383. The first-order valence-corrected chi connectivity index (χ1v) is 2.36. The summed E-state index contributed by atoms with van der Waals surface area (Å²) in [5.41, 5.74) is 0. The van der Waals surface area contributed by atoms with Crippen LogP contribution in [0, 0.1) is 0 Å². The zero-order valence-electron chi connectivity index (χ0n) is 5.71. The molecule has 10 heavy (non-hydrogen) atoms. The predicted molar refractivity (Wildman–Crippen MR) is 34.2 cm³/mol. The maximum absolute atomic E-state index is 9.26. The van der Waals surface area contributed by atoms with Crippen LogP contribution in [-0.2, 0) is 0 Å². The molecule has 2 amide bonds. The Kier molecular flexibility index (Phi) is 8.56. The van der Waals surface area contributed by atoms with Crippen LogP contribution in [-0.4, -0.2) is 36.5 Å². The summed E-state index contributed by atoms with van der Waals surface area (Å²) < 4.78 is 0. The van der Waals surface area contributed by atoms with Gasteiger partial charge in [-0.15, -0.1) is 0 Å². The van der Waals surface area contributed by atoms with E-state index in [0.717, 1.165) is 0 Å².